The summed E-state index contributed by atoms with van der Waals surface area (Å²) in [5.41, 5.74) is 1.77. The third-order valence-electron chi connectivity index (χ3n) is 3.95. The third kappa shape index (κ3) is 2.83. The molecular weight excluding hydrogens is 280 g/mol. The summed E-state index contributed by atoms with van der Waals surface area (Å²) in [5, 5.41) is 19.2. The standard InChI is InChI=1S/C17H18N2O3/c20-15-8-4-7-14(11-15)19-10-9-18(12-16(19)17(21)22)13-5-2-1-3-6-13/h1-8,11,16,20H,9-10,12H2,(H,21,22). The van der Waals surface area contributed by atoms with Crippen molar-refractivity contribution in [2.45, 2.75) is 6.04 Å². The number of carbonyl (C=O) groups is 1. The smallest absolute Gasteiger partial charge is 0.328 e. The Bertz CT molecular complexity index is 660. The van der Waals surface area contributed by atoms with Crippen LogP contribution in [0.3, 0.4) is 0 Å². The predicted molar refractivity (Wildman–Crippen MR) is 85.5 cm³/mol. The Kier molecular flexibility index (Phi) is 3.87. The highest BCUT2D eigenvalue weighted by Gasteiger charge is 2.32. The molecule has 0 radical (unpaired) electrons. The maximum absolute atomic E-state index is 11.7. The van der Waals surface area contributed by atoms with Gasteiger partial charge in [0.1, 0.15) is 11.8 Å². The maximum atomic E-state index is 11.7. The summed E-state index contributed by atoms with van der Waals surface area (Å²) in [6.45, 7) is 1.74. The first kappa shape index (κ1) is 14.3. The molecule has 2 aromatic carbocycles. The zero-order valence-electron chi connectivity index (χ0n) is 12.1. The Labute approximate surface area is 129 Å². The fourth-order valence-electron chi connectivity index (χ4n) is 2.85. The van der Waals surface area contributed by atoms with Crippen LogP contribution in [0, 0.1) is 0 Å². The average molecular weight is 298 g/mol. The maximum Gasteiger partial charge on any atom is 0.328 e. The van der Waals surface area contributed by atoms with Crippen molar-refractivity contribution < 1.29 is 15.0 Å². The number of carboxylic acid groups (broad SMARTS) is 1. The molecule has 1 aliphatic heterocycles. The van der Waals surface area contributed by atoms with Crippen molar-refractivity contribution in [1.29, 1.82) is 0 Å². The van der Waals surface area contributed by atoms with Gasteiger partial charge in [0, 0.05) is 37.1 Å². The minimum atomic E-state index is -0.857. The van der Waals surface area contributed by atoms with Crippen LogP contribution in [0.4, 0.5) is 11.4 Å². The normalized spacial score (nSPS) is 18.3. The van der Waals surface area contributed by atoms with Crippen molar-refractivity contribution in [1.82, 2.24) is 0 Å². The number of para-hydroxylation sites is 1. The number of rotatable bonds is 3. The van der Waals surface area contributed by atoms with Gasteiger partial charge in [-0.15, -0.1) is 0 Å². The second-order valence-electron chi connectivity index (χ2n) is 5.35. The van der Waals surface area contributed by atoms with Crippen LogP contribution in [-0.4, -0.2) is 41.9 Å². The van der Waals surface area contributed by atoms with E-state index < -0.39 is 12.0 Å². The summed E-state index contributed by atoms with van der Waals surface area (Å²) in [7, 11) is 0. The lowest BCUT2D eigenvalue weighted by Gasteiger charge is -2.41. The van der Waals surface area contributed by atoms with E-state index in [9.17, 15) is 15.0 Å². The van der Waals surface area contributed by atoms with Crippen molar-refractivity contribution in [3.63, 3.8) is 0 Å². The van der Waals surface area contributed by atoms with Gasteiger partial charge in [-0.1, -0.05) is 24.3 Å². The molecule has 1 atom stereocenters. The van der Waals surface area contributed by atoms with Gasteiger partial charge in [-0.2, -0.15) is 0 Å². The van der Waals surface area contributed by atoms with E-state index >= 15 is 0 Å². The molecule has 5 nitrogen and oxygen atoms in total. The van der Waals surface area contributed by atoms with Crippen LogP contribution in [0.1, 0.15) is 0 Å². The zero-order chi connectivity index (χ0) is 15.5. The van der Waals surface area contributed by atoms with E-state index in [1.165, 1.54) is 0 Å². The first-order chi connectivity index (χ1) is 10.6. The summed E-state index contributed by atoms with van der Waals surface area (Å²) >= 11 is 0. The first-order valence-corrected chi connectivity index (χ1v) is 7.23. The number of aliphatic carboxylic acids is 1. The SMILES string of the molecule is O=C(O)C1CN(c2ccccc2)CCN1c1cccc(O)c1. The molecule has 2 N–H and O–H groups in total. The zero-order valence-corrected chi connectivity index (χ0v) is 12.1. The molecule has 5 heteroatoms. The van der Waals surface area contributed by atoms with Crippen LogP contribution in [-0.2, 0) is 4.79 Å². The fraction of sp³-hybridized carbons (Fsp3) is 0.235. The van der Waals surface area contributed by atoms with E-state index in [1.54, 1.807) is 18.2 Å². The summed E-state index contributed by atoms with van der Waals surface area (Å²) in [4.78, 5) is 15.6. The molecule has 0 spiro atoms. The Morgan fingerprint density at radius 3 is 2.41 bits per heavy atom. The van der Waals surface area contributed by atoms with E-state index in [-0.39, 0.29) is 5.75 Å². The van der Waals surface area contributed by atoms with Crippen molar-refractivity contribution in [2.24, 2.45) is 0 Å². The molecular formula is C17H18N2O3. The molecule has 1 saturated heterocycles. The number of nitrogens with zero attached hydrogens (tertiary/aromatic N) is 2. The molecule has 3 rings (SSSR count). The van der Waals surface area contributed by atoms with Gasteiger partial charge < -0.3 is 20.0 Å². The first-order valence-electron chi connectivity index (χ1n) is 7.23. The van der Waals surface area contributed by atoms with Crippen LogP contribution in [0.25, 0.3) is 0 Å². The van der Waals surface area contributed by atoms with E-state index in [0.29, 0.717) is 13.1 Å². The lowest BCUT2D eigenvalue weighted by atomic mass is 10.1. The number of phenolic OH excluding ortho intramolecular Hbond substituents is 1. The van der Waals surface area contributed by atoms with Gasteiger partial charge in [-0.25, -0.2) is 4.79 Å². The highest BCUT2D eigenvalue weighted by Crippen LogP contribution is 2.26. The van der Waals surface area contributed by atoms with Gasteiger partial charge in [-0.05, 0) is 24.3 Å². The second-order valence-corrected chi connectivity index (χ2v) is 5.35. The minimum absolute atomic E-state index is 0.145. The molecule has 0 aliphatic carbocycles. The number of anilines is 2. The van der Waals surface area contributed by atoms with Crippen LogP contribution >= 0.6 is 0 Å². The fourth-order valence-corrected chi connectivity index (χ4v) is 2.85. The summed E-state index contributed by atoms with van der Waals surface area (Å²) < 4.78 is 0. The number of piperazine rings is 1. The van der Waals surface area contributed by atoms with Crippen molar-refractivity contribution >= 4 is 17.3 Å². The molecule has 1 unspecified atom stereocenters. The number of hydrogen-bond acceptors (Lipinski definition) is 4. The Morgan fingerprint density at radius 2 is 1.73 bits per heavy atom. The second kappa shape index (κ2) is 5.97. The van der Waals surface area contributed by atoms with Gasteiger partial charge in [0.25, 0.3) is 0 Å². The average Bonchev–Trinajstić information content (AvgIpc) is 2.55. The van der Waals surface area contributed by atoms with Gasteiger partial charge >= 0.3 is 5.97 Å². The summed E-state index contributed by atoms with van der Waals surface area (Å²) in [5.74, 6) is -0.712. The molecule has 1 fully saturated rings. The summed E-state index contributed by atoms with van der Waals surface area (Å²) in [6.07, 6.45) is 0. The van der Waals surface area contributed by atoms with Crippen LogP contribution in [0.2, 0.25) is 0 Å². The van der Waals surface area contributed by atoms with Crippen molar-refractivity contribution in [2.75, 3.05) is 29.4 Å². The van der Waals surface area contributed by atoms with Gasteiger partial charge in [0.05, 0.1) is 0 Å². The number of benzene rings is 2. The van der Waals surface area contributed by atoms with Gasteiger partial charge in [-0.3, -0.25) is 0 Å². The van der Waals surface area contributed by atoms with Crippen molar-refractivity contribution in [3.05, 3.63) is 54.6 Å². The molecule has 2 aromatic rings. The Morgan fingerprint density at radius 1 is 1.00 bits per heavy atom. The van der Waals surface area contributed by atoms with Gasteiger partial charge in [0.2, 0.25) is 0 Å². The van der Waals surface area contributed by atoms with Crippen LogP contribution in [0.15, 0.2) is 54.6 Å². The molecule has 1 heterocycles. The lowest BCUT2D eigenvalue weighted by molar-refractivity contribution is -0.138. The third-order valence-corrected chi connectivity index (χ3v) is 3.95. The molecule has 0 amide bonds. The Balaban J connectivity index is 1.84. The molecule has 0 bridgehead atoms. The molecule has 114 valence electrons. The molecule has 22 heavy (non-hydrogen) atoms. The number of hydrogen-bond donors (Lipinski definition) is 2. The minimum Gasteiger partial charge on any atom is -0.508 e. The summed E-state index contributed by atoms with van der Waals surface area (Å²) in [6, 6.07) is 15.9. The van der Waals surface area contributed by atoms with E-state index in [1.807, 2.05) is 41.3 Å². The highest BCUT2D eigenvalue weighted by molar-refractivity contribution is 5.80. The molecule has 0 saturated carbocycles. The van der Waals surface area contributed by atoms with Gasteiger partial charge in [0.15, 0.2) is 0 Å². The van der Waals surface area contributed by atoms with Crippen LogP contribution in [0.5, 0.6) is 5.75 Å². The predicted octanol–water partition coefficient (Wildman–Crippen LogP) is 2.17. The Hall–Kier alpha value is -2.69. The van der Waals surface area contributed by atoms with E-state index in [0.717, 1.165) is 17.9 Å². The number of carboxylic acids is 1. The largest absolute Gasteiger partial charge is 0.508 e. The molecule has 0 aromatic heterocycles. The van der Waals surface area contributed by atoms with E-state index in [4.69, 9.17) is 0 Å². The monoisotopic (exact) mass is 298 g/mol. The van der Waals surface area contributed by atoms with E-state index in [2.05, 4.69) is 4.90 Å². The number of aromatic hydroxyl groups is 1. The lowest BCUT2D eigenvalue weighted by Crippen LogP contribution is -2.56. The van der Waals surface area contributed by atoms with Crippen LogP contribution < -0.4 is 9.80 Å². The molecule has 1 aliphatic rings. The highest BCUT2D eigenvalue weighted by atomic mass is 16.4. The van der Waals surface area contributed by atoms with Crippen molar-refractivity contribution in [3.8, 4) is 5.75 Å². The quantitative estimate of drug-likeness (QED) is 0.909. The number of phenols is 1. The topological polar surface area (TPSA) is 64.0 Å².